The first-order valence-electron chi connectivity index (χ1n) is 5.27. The molecule has 0 radical (unpaired) electrons. The van der Waals surface area contributed by atoms with Crippen molar-refractivity contribution in [1.29, 1.82) is 0 Å². The highest BCUT2D eigenvalue weighted by molar-refractivity contribution is 7.90. The molecule has 0 amide bonds. The Balaban J connectivity index is 3.68. The Labute approximate surface area is 107 Å². The molecular weight excluding hydrogens is 252 g/mol. The highest BCUT2D eigenvalue weighted by atomic mass is 32.2. The minimum Gasteiger partial charge on any atom is -0.465 e. The lowest BCUT2D eigenvalue weighted by atomic mass is 9.98. The Bertz CT molecular complexity index is 612. The van der Waals surface area contributed by atoms with Crippen LogP contribution in [0, 0.1) is 6.92 Å². The molecule has 0 aliphatic heterocycles. The highest BCUT2D eigenvalue weighted by Crippen LogP contribution is 2.25. The van der Waals surface area contributed by atoms with Crippen LogP contribution in [-0.4, -0.2) is 27.8 Å². The molecule has 0 saturated heterocycles. The summed E-state index contributed by atoms with van der Waals surface area (Å²) in [5.41, 5.74) is 2.27. The van der Waals surface area contributed by atoms with Crippen LogP contribution in [0.4, 0.5) is 0 Å². The summed E-state index contributed by atoms with van der Waals surface area (Å²) < 4.78 is 27.9. The van der Waals surface area contributed by atoms with Gasteiger partial charge in [0, 0.05) is 6.26 Å². The lowest BCUT2D eigenvalue weighted by Gasteiger charge is -2.12. The normalized spacial score (nSPS) is 11.1. The van der Waals surface area contributed by atoms with Gasteiger partial charge in [-0.3, -0.25) is 0 Å². The lowest BCUT2D eigenvalue weighted by Crippen LogP contribution is -2.09. The minimum absolute atomic E-state index is 0.0894. The predicted octanol–water partition coefficient (Wildman–Crippen LogP) is 2.22. The molecule has 5 heteroatoms. The van der Waals surface area contributed by atoms with Crippen LogP contribution in [0.2, 0.25) is 0 Å². The molecule has 4 nitrogen and oxygen atoms in total. The largest absolute Gasteiger partial charge is 0.465 e. The fraction of sp³-hybridized carbons (Fsp3) is 0.308. The lowest BCUT2D eigenvalue weighted by molar-refractivity contribution is 0.0599. The summed E-state index contributed by atoms with van der Waals surface area (Å²) in [6, 6.07) is 2.86. The van der Waals surface area contributed by atoms with Crippen molar-refractivity contribution < 1.29 is 17.9 Å². The molecule has 0 unspecified atom stereocenters. The molecule has 0 heterocycles. The highest BCUT2D eigenvalue weighted by Gasteiger charge is 2.18. The van der Waals surface area contributed by atoms with E-state index < -0.39 is 15.8 Å². The quantitative estimate of drug-likeness (QED) is 0.789. The molecule has 0 aliphatic carbocycles. The number of rotatable bonds is 3. The fourth-order valence-electron chi connectivity index (χ4n) is 1.67. The van der Waals surface area contributed by atoms with Gasteiger partial charge in [0.15, 0.2) is 9.84 Å². The number of carbonyl (C=O) groups is 1. The average Bonchev–Trinajstić information content (AvgIpc) is 2.26. The number of methoxy groups -OCH3 is 1. The second-order valence-electron chi connectivity index (χ2n) is 4.19. The molecular formula is C13H16O4S. The summed E-state index contributed by atoms with van der Waals surface area (Å²) in [5.74, 6) is -0.555. The number of benzene rings is 1. The van der Waals surface area contributed by atoms with Crippen molar-refractivity contribution in [2.24, 2.45) is 0 Å². The van der Waals surface area contributed by atoms with Gasteiger partial charge < -0.3 is 4.74 Å². The smallest absolute Gasteiger partial charge is 0.338 e. The molecule has 0 fully saturated rings. The molecule has 0 bridgehead atoms. The van der Waals surface area contributed by atoms with Gasteiger partial charge in [0.1, 0.15) is 0 Å². The minimum atomic E-state index is -3.39. The maximum atomic E-state index is 11.6. The first kappa shape index (κ1) is 14.4. The van der Waals surface area contributed by atoms with Crippen LogP contribution < -0.4 is 0 Å². The first-order chi connectivity index (χ1) is 8.18. The van der Waals surface area contributed by atoms with E-state index in [0.29, 0.717) is 16.7 Å². The van der Waals surface area contributed by atoms with E-state index in [2.05, 4.69) is 11.3 Å². The van der Waals surface area contributed by atoms with Gasteiger partial charge in [0.2, 0.25) is 0 Å². The standard InChI is InChI=1S/C13H16O4S/c1-8(2)11-6-10(18(5,15)16)7-12(9(11)3)13(14)17-4/h6-7H,1H2,2-5H3. The van der Waals surface area contributed by atoms with Crippen LogP contribution in [0.25, 0.3) is 5.57 Å². The van der Waals surface area contributed by atoms with Gasteiger partial charge in [0.05, 0.1) is 17.6 Å². The molecule has 1 aromatic rings. The van der Waals surface area contributed by atoms with Gasteiger partial charge in [-0.2, -0.15) is 0 Å². The van der Waals surface area contributed by atoms with E-state index >= 15 is 0 Å². The Morgan fingerprint density at radius 1 is 1.28 bits per heavy atom. The second-order valence-corrected chi connectivity index (χ2v) is 6.20. The zero-order valence-electron chi connectivity index (χ0n) is 10.9. The third-order valence-electron chi connectivity index (χ3n) is 2.67. The Hall–Kier alpha value is -1.62. The molecule has 0 aromatic heterocycles. The molecule has 18 heavy (non-hydrogen) atoms. The fourth-order valence-corrected chi connectivity index (χ4v) is 2.33. The monoisotopic (exact) mass is 268 g/mol. The number of ether oxygens (including phenoxy) is 1. The summed E-state index contributed by atoms with van der Waals surface area (Å²) in [6.07, 6.45) is 1.10. The molecule has 0 N–H and O–H groups in total. The Morgan fingerprint density at radius 2 is 1.78 bits per heavy atom. The van der Waals surface area contributed by atoms with Gasteiger partial charge >= 0.3 is 5.97 Å². The number of hydrogen-bond donors (Lipinski definition) is 0. The van der Waals surface area contributed by atoms with Crippen LogP contribution >= 0.6 is 0 Å². The van der Waals surface area contributed by atoms with Gasteiger partial charge in [-0.15, -0.1) is 0 Å². The second kappa shape index (κ2) is 4.94. The predicted molar refractivity (Wildman–Crippen MR) is 70.3 cm³/mol. The van der Waals surface area contributed by atoms with Crippen molar-refractivity contribution in [3.05, 3.63) is 35.4 Å². The maximum Gasteiger partial charge on any atom is 0.338 e. The van der Waals surface area contributed by atoms with Crippen molar-refractivity contribution in [3.8, 4) is 0 Å². The Kier molecular flexibility index (Phi) is 3.96. The molecule has 0 aliphatic rings. The van der Waals surface area contributed by atoms with Crippen molar-refractivity contribution in [3.63, 3.8) is 0 Å². The molecule has 0 atom stereocenters. The summed E-state index contributed by atoms with van der Waals surface area (Å²) in [4.78, 5) is 11.7. The van der Waals surface area contributed by atoms with Crippen LogP contribution in [0.1, 0.15) is 28.4 Å². The summed E-state index contributed by atoms with van der Waals surface area (Å²) in [7, 11) is -2.13. The van der Waals surface area contributed by atoms with Crippen molar-refractivity contribution >= 4 is 21.4 Å². The molecule has 0 saturated carbocycles. The summed E-state index contributed by atoms with van der Waals surface area (Å²) >= 11 is 0. The average molecular weight is 268 g/mol. The van der Waals surface area contributed by atoms with Gasteiger partial charge in [-0.25, -0.2) is 13.2 Å². The van der Waals surface area contributed by atoms with Crippen molar-refractivity contribution in [1.82, 2.24) is 0 Å². The maximum absolute atomic E-state index is 11.6. The van der Waals surface area contributed by atoms with Crippen molar-refractivity contribution in [2.75, 3.05) is 13.4 Å². The number of esters is 1. The summed E-state index contributed by atoms with van der Waals surface area (Å²) in [5, 5.41) is 0. The zero-order valence-corrected chi connectivity index (χ0v) is 11.7. The molecule has 1 rings (SSSR count). The van der Waals surface area contributed by atoms with Gasteiger partial charge in [-0.05, 0) is 37.1 Å². The number of hydrogen-bond acceptors (Lipinski definition) is 4. The SMILES string of the molecule is C=C(C)c1cc(S(C)(=O)=O)cc(C(=O)OC)c1C. The van der Waals surface area contributed by atoms with E-state index in [-0.39, 0.29) is 10.5 Å². The van der Waals surface area contributed by atoms with Crippen LogP contribution in [-0.2, 0) is 14.6 Å². The number of sulfone groups is 1. The number of allylic oxidation sites excluding steroid dienone is 1. The van der Waals surface area contributed by atoms with Gasteiger partial charge in [0.25, 0.3) is 0 Å². The molecule has 1 aromatic carbocycles. The van der Waals surface area contributed by atoms with E-state index in [1.807, 2.05) is 0 Å². The molecule has 98 valence electrons. The van der Waals surface area contributed by atoms with E-state index in [9.17, 15) is 13.2 Å². The Morgan fingerprint density at radius 3 is 2.17 bits per heavy atom. The third kappa shape index (κ3) is 2.79. The van der Waals surface area contributed by atoms with Crippen LogP contribution in [0.5, 0.6) is 0 Å². The van der Waals surface area contributed by atoms with E-state index in [1.54, 1.807) is 13.8 Å². The van der Waals surface area contributed by atoms with E-state index in [0.717, 1.165) is 6.26 Å². The molecule has 0 spiro atoms. The zero-order chi connectivity index (χ0) is 14.1. The van der Waals surface area contributed by atoms with E-state index in [1.165, 1.54) is 19.2 Å². The third-order valence-corrected chi connectivity index (χ3v) is 3.77. The first-order valence-corrected chi connectivity index (χ1v) is 7.16. The van der Waals surface area contributed by atoms with Crippen LogP contribution in [0.3, 0.4) is 0 Å². The van der Waals surface area contributed by atoms with Gasteiger partial charge in [-0.1, -0.05) is 12.2 Å². The topological polar surface area (TPSA) is 60.4 Å². The number of carbonyl (C=O) groups excluding carboxylic acids is 1. The van der Waals surface area contributed by atoms with E-state index in [4.69, 9.17) is 0 Å². The van der Waals surface area contributed by atoms with Crippen molar-refractivity contribution in [2.45, 2.75) is 18.7 Å². The van der Waals surface area contributed by atoms with Crippen LogP contribution in [0.15, 0.2) is 23.6 Å². The summed E-state index contributed by atoms with van der Waals surface area (Å²) in [6.45, 7) is 7.29.